The van der Waals surface area contributed by atoms with Crippen LogP contribution in [-0.2, 0) is 17.7 Å². The van der Waals surface area contributed by atoms with Gasteiger partial charge in [-0.15, -0.1) is 0 Å². The Balaban J connectivity index is 0.000000191. The third kappa shape index (κ3) is 9.23. The average Bonchev–Trinajstić information content (AvgIpc) is 3.26. The fraction of sp³-hybridized carbons (Fsp3) is 0.0870. The van der Waals surface area contributed by atoms with Crippen molar-refractivity contribution in [1.29, 1.82) is 0 Å². The maximum absolute atomic E-state index is 14.8. The Hall–Kier alpha value is -4.67. The molecule has 0 aliphatic carbocycles. The van der Waals surface area contributed by atoms with Gasteiger partial charge in [0.05, 0.1) is 37.0 Å². The Labute approximate surface area is 358 Å². The number of ether oxygens (including phenoxy) is 2. The zero-order valence-corrected chi connectivity index (χ0v) is 36.8. The number of halogens is 3. The molecule has 0 spiro atoms. The van der Waals surface area contributed by atoms with Gasteiger partial charge in [0.25, 0.3) is 0 Å². The highest BCUT2D eigenvalue weighted by molar-refractivity contribution is 9.11. The molecule has 0 fully saturated rings. The molecule has 1 aliphatic rings. The highest BCUT2D eigenvalue weighted by Crippen LogP contribution is 2.54. The summed E-state index contributed by atoms with van der Waals surface area (Å²) in [6.07, 6.45) is 0. The van der Waals surface area contributed by atoms with Crippen LogP contribution in [0, 0.1) is 0 Å². The Kier molecular flexibility index (Phi) is 14.5. The summed E-state index contributed by atoms with van der Waals surface area (Å²) in [5.74, 6) is 1.70. The molecule has 1 unspecified atom stereocenters. The highest BCUT2D eigenvalue weighted by atomic mass is 79.9. The van der Waals surface area contributed by atoms with E-state index in [1.54, 1.807) is 14.2 Å². The van der Waals surface area contributed by atoms with Gasteiger partial charge in [-0.05, 0) is 132 Å². The average molecular weight is 972 g/mol. The van der Waals surface area contributed by atoms with E-state index in [1.165, 1.54) is 5.56 Å². The molecule has 11 heteroatoms. The van der Waals surface area contributed by atoms with Crippen LogP contribution in [0.4, 0.5) is 22.7 Å². The van der Waals surface area contributed by atoms with E-state index in [9.17, 15) is 4.57 Å². The van der Waals surface area contributed by atoms with Crippen molar-refractivity contribution in [1.82, 2.24) is 0 Å². The second-order valence-electron chi connectivity index (χ2n) is 12.8. The molecule has 1 atom stereocenters. The Morgan fingerprint density at radius 2 is 1.02 bits per heavy atom. The lowest BCUT2D eigenvalue weighted by Gasteiger charge is -2.38. The second kappa shape index (κ2) is 19.7. The summed E-state index contributed by atoms with van der Waals surface area (Å²) in [6.45, 7) is 1.42. The number of hydrogen-bond donors (Lipinski definition) is 2. The summed E-state index contributed by atoms with van der Waals surface area (Å²) >= 11 is 11.1. The molecule has 2 N–H and O–H groups in total. The van der Waals surface area contributed by atoms with E-state index < -0.39 is 7.14 Å². The van der Waals surface area contributed by atoms with Crippen LogP contribution in [0.3, 0.4) is 0 Å². The monoisotopic (exact) mass is 968 g/mol. The van der Waals surface area contributed by atoms with E-state index in [0.717, 1.165) is 75.7 Å². The zero-order valence-electron chi connectivity index (χ0n) is 31.2. The number of fused-ring (bicyclic) bond motifs is 2. The van der Waals surface area contributed by atoms with E-state index in [4.69, 9.17) is 20.0 Å². The Morgan fingerprint density at radius 1 is 0.544 bits per heavy atom. The minimum absolute atomic E-state index is 0.658. The van der Waals surface area contributed by atoms with Crippen molar-refractivity contribution in [2.24, 2.45) is 0 Å². The molecular weight excluding hydrogens is 931 g/mol. The SMILES string of the molecule is COc1ccc(CN(c2ccccc2Br)c2ccccc2Br)cc1.COc1ccc(CN2c3ccccc3P(=O)(c3ccccc3)c3cccc(Br)c32)cc1.OO. The van der Waals surface area contributed by atoms with Crippen molar-refractivity contribution < 1.29 is 24.6 Å². The number of anilines is 4. The lowest BCUT2D eigenvalue weighted by Crippen LogP contribution is -2.38. The molecule has 8 rings (SSSR count). The number of benzene rings is 7. The molecule has 290 valence electrons. The Bertz CT molecular complexity index is 2410. The van der Waals surface area contributed by atoms with Crippen LogP contribution >= 0.6 is 54.9 Å². The molecule has 0 bridgehead atoms. The van der Waals surface area contributed by atoms with Crippen molar-refractivity contribution in [2.75, 3.05) is 24.0 Å². The molecule has 57 heavy (non-hydrogen) atoms. The number of methoxy groups -OCH3 is 2. The van der Waals surface area contributed by atoms with E-state index in [-0.39, 0.29) is 0 Å². The van der Waals surface area contributed by atoms with E-state index in [2.05, 4.69) is 124 Å². The smallest absolute Gasteiger partial charge is 0.175 e. The molecule has 0 aromatic heterocycles. The maximum atomic E-state index is 14.8. The number of rotatable bonds is 9. The van der Waals surface area contributed by atoms with Crippen LogP contribution in [0.25, 0.3) is 0 Å². The van der Waals surface area contributed by atoms with E-state index >= 15 is 0 Å². The molecular formula is C46H40Br3N2O5P. The third-order valence-corrected chi connectivity index (χ3v) is 14.6. The Morgan fingerprint density at radius 3 is 1.58 bits per heavy atom. The topological polar surface area (TPSA) is 82.5 Å². The van der Waals surface area contributed by atoms with Gasteiger partial charge in [-0.2, -0.15) is 0 Å². The maximum Gasteiger partial charge on any atom is 0.175 e. The molecule has 7 aromatic rings. The third-order valence-electron chi connectivity index (χ3n) is 9.49. The predicted octanol–water partition coefficient (Wildman–Crippen LogP) is 12.3. The predicted molar refractivity (Wildman–Crippen MR) is 245 cm³/mol. The molecule has 1 aliphatic heterocycles. The lowest BCUT2D eigenvalue weighted by molar-refractivity contribution is -0.176. The molecule has 0 radical (unpaired) electrons. The van der Waals surface area contributed by atoms with Gasteiger partial charge in [-0.25, -0.2) is 0 Å². The molecule has 0 saturated carbocycles. The summed E-state index contributed by atoms with van der Waals surface area (Å²) in [5.41, 5.74) is 6.55. The largest absolute Gasteiger partial charge is 0.497 e. The molecule has 1 heterocycles. The first-order valence-electron chi connectivity index (χ1n) is 17.9. The first-order chi connectivity index (χ1) is 27.8. The number of nitrogens with zero attached hydrogens (tertiary/aromatic N) is 2. The van der Waals surface area contributed by atoms with Gasteiger partial charge in [0.1, 0.15) is 11.5 Å². The van der Waals surface area contributed by atoms with Gasteiger partial charge in [-0.1, -0.05) is 97.1 Å². The van der Waals surface area contributed by atoms with Gasteiger partial charge in [0.15, 0.2) is 7.14 Å². The van der Waals surface area contributed by atoms with Crippen molar-refractivity contribution >= 4 is 93.6 Å². The normalized spacial score (nSPS) is 13.8. The number of hydrogen-bond acceptors (Lipinski definition) is 7. The first-order valence-corrected chi connectivity index (χ1v) is 21.9. The van der Waals surface area contributed by atoms with Crippen molar-refractivity contribution in [2.45, 2.75) is 13.1 Å². The summed E-state index contributed by atoms with van der Waals surface area (Å²) in [6, 6.07) is 56.7. The van der Waals surface area contributed by atoms with Crippen LogP contribution in [0.5, 0.6) is 11.5 Å². The summed E-state index contributed by atoms with van der Waals surface area (Å²) in [4.78, 5) is 4.55. The van der Waals surface area contributed by atoms with Crippen molar-refractivity contribution in [3.8, 4) is 11.5 Å². The highest BCUT2D eigenvalue weighted by Gasteiger charge is 2.41. The summed E-state index contributed by atoms with van der Waals surface area (Å²) in [5, 5.41) is 14.6. The summed E-state index contributed by atoms with van der Waals surface area (Å²) < 4.78 is 28.5. The van der Waals surface area contributed by atoms with Crippen molar-refractivity contribution in [3.63, 3.8) is 0 Å². The molecule has 7 aromatic carbocycles. The van der Waals surface area contributed by atoms with Gasteiger partial charge >= 0.3 is 0 Å². The van der Waals surface area contributed by atoms with E-state index in [1.807, 2.05) is 103 Å². The standard InChI is InChI=1S/C26H21BrNO2P.C20H17Br2NO.H2O2/c1-30-20-16-14-19(15-17-20)18-28-23-11-5-6-12-24(23)31(29,21-8-3-2-4-9-21)25-13-7-10-22(27)26(25)28;1-24-16-12-10-15(11-13-16)14-23(19-8-4-2-6-17(19)21)20-9-5-3-7-18(20)22;1-2/h2-17H,18H2,1H3;2-13H,14H2,1H3;1-2H. The molecule has 7 nitrogen and oxygen atoms in total. The lowest BCUT2D eigenvalue weighted by atomic mass is 10.1. The van der Waals surface area contributed by atoms with Gasteiger partial charge in [-0.3, -0.25) is 10.5 Å². The van der Waals surface area contributed by atoms with Crippen LogP contribution in [-0.4, -0.2) is 24.7 Å². The fourth-order valence-corrected chi connectivity index (χ4v) is 11.6. The fourth-order valence-electron chi connectivity index (χ4n) is 6.78. The van der Waals surface area contributed by atoms with Crippen LogP contribution < -0.4 is 35.2 Å². The second-order valence-corrected chi connectivity index (χ2v) is 18.1. The molecule has 0 amide bonds. The van der Waals surface area contributed by atoms with Gasteiger partial charge in [0, 0.05) is 42.4 Å². The van der Waals surface area contributed by atoms with Crippen LogP contribution in [0.15, 0.2) is 183 Å². The molecule has 0 saturated heterocycles. The zero-order chi connectivity index (χ0) is 40.4. The van der Waals surface area contributed by atoms with Crippen LogP contribution in [0.1, 0.15) is 11.1 Å². The number of para-hydroxylation sites is 4. The quantitative estimate of drug-likeness (QED) is 0.0847. The minimum Gasteiger partial charge on any atom is -0.497 e. The first kappa shape index (κ1) is 41.9. The van der Waals surface area contributed by atoms with Crippen molar-refractivity contribution in [3.05, 3.63) is 194 Å². The van der Waals surface area contributed by atoms with Crippen LogP contribution in [0.2, 0.25) is 0 Å². The van der Waals surface area contributed by atoms with Gasteiger partial charge in [0.2, 0.25) is 0 Å². The minimum atomic E-state index is -3.02. The van der Waals surface area contributed by atoms with E-state index in [0.29, 0.717) is 6.54 Å². The summed E-state index contributed by atoms with van der Waals surface area (Å²) in [7, 11) is 0.336. The van der Waals surface area contributed by atoms with Gasteiger partial charge < -0.3 is 23.8 Å².